The molecule has 24 heavy (non-hydrogen) atoms. The fraction of sp³-hybridized carbons (Fsp3) is 0.0435. The number of aryl methyl sites for hydroxylation is 1. The average Bonchev–Trinajstić information content (AvgIpc) is 2.61. The van der Waals surface area contributed by atoms with Crippen molar-refractivity contribution in [3.8, 4) is 0 Å². The first-order valence-corrected chi connectivity index (χ1v) is 8.30. The highest BCUT2D eigenvalue weighted by atomic mass is 14.9. The first-order valence-electron chi connectivity index (χ1n) is 8.30. The first kappa shape index (κ1) is 13.4. The molecule has 0 atom stereocenters. The second-order valence-electron chi connectivity index (χ2n) is 6.47. The van der Waals surface area contributed by atoms with Gasteiger partial charge in [-0.15, -0.1) is 0 Å². The predicted molar refractivity (Wildman–Crippen MR) is 105 cm³/mol. The molecule has 0 unspecified atom stereocenters. The summed E-state index contributed by atoms with van der Waals surface area (Å²) in [7, 11) is 0. The number of rotatable bonds is 2. The molecule has 0 saturated heterocycles. The van der Waals surface area contributed by atoms with Crippen LogP contribution in [0.5, 0.6) is 0 Å². The number of para-hydroxylation sites is 1. The maximum Gasteiger partial charge on any atom is 0.0464 e. The second kappa shape index (κ2) is 4.97. The van der Waals surface area contributed by atoms with E-state index in [-0.39, 0.29) is 0 Å². The summed E-state index contributed by atoms with van der Waals surface area (Å²) in [6.45, 7) is 2.16. The van der Waals surface area contributed by atoms with Crippen molar-refractivity contribution in [3.63, 3.8) is 0 Å². The van der Waals surface area contributed by atoms with Gasteiger partial charge in [0.1, 0.15) is 0 Å². The minimum Gasteiger partial charge on any atom is -0.355 e. The van der Waals surface area contributed by atoms with E-state index in [9.17, 15) is 0 Å². The maximum atomic E-state index is 3.57. The molecule has 5 aromatic rings. The molecule has 0 aliphatic heterocycles. The number of anilines is 2. The van der Waals surface area contributed by atoms with Crippen molar-refractivity contribution in [3.05, 3.63) is 84.4 Å². The Balaban J connectivity index is 1.84. The van der Waals surface area contributed by atoms with E-state index in [0.717, 1.165) is 11.4 Å². The molecule has 0 heterocycles. The SMILES string of the molecule is Cc1cc2ccc3ccc(Nc4ccccc4)c4ccc(c1)c2c34. The van der Waals surface area contributed by atoms with Crippen molar-refractivity contribution in [1.29, 1.82) is 0 Å². The fourth-order valence-corrected chi connectivity index (χ4v) is 3.76. The Hall–Kier alpha value is -3.06. The van der Waals surface area contributed by atoms with E-state index in [2.05, 4.69) is 85.0 Å². The summed E-state index contributed by atoms with van der Waals surface area (Å²) in [5, 5.41) is 11.5. The quantitative estimate of drug-likeness (QED) is 0.361. The van der Waals surface area contributed by atoms with Crippen LogP contribution in [0.15, 0.2) is 78.9 Å². The zero-order chi connectivity index (χ0) is 16.1. The Morgan fingerprint density at radius 3 is 2.08 bits per heavy atom. The number of hydrogen-bond donors (Lipinski definition) is 1. The van der Waals surface area contributed by atoms with Gasteiger partial charge in [-0.25, -0.2) is 0 Å². The van der Waals surface area contributed by atoms with E-state index in [1.807, 2.05) is 6.07 Å². The zero-order valence-electron chi connectivity index (χ0n) is 13.5. The summed E-state index contributed by atoms with van der Waals surface area (Å²) in [6, 6.07) is 28.3. The summed E-state index contributed by atoms with van der Waals surface area (Å²) in [4.78, 5) is 0. The van der Waals surface area contributed by atoms with Crippen molar-refractivity contribution in [2.24, 2.45) is 0 Å². The van der Waals surface area contributed by atoms with Crippen LogP contribution in [0.3, 0.4) is 0 Å². The molecule has 1 heteroatoms. The lowest BCUT2D eigenvalue weighted by Crippen LogP contribution is -1.93. The molecule has 1 N–H and O–H groups in total. The first-order chi connectivity index (χ1) is 11.8. The van der Waals surface area contributed by atoms with Crippen LogP contribution in [-0.4, -0.2) is 0 Å². The largest absolute Gasteiger partial charge is 0.355 e. The number of benzene rings is 5. The minimum atomic E-state index is 1.11. The topological polar surface area (TPSA) is 12.0 Å². The van der Waals surface area contributed by atoms with Crippen molar-refractivity contribution in [2.75, 3.05) is 5.32 Å². The third-order valence-electron chi connectivity index (χ3n) is 4.80. The molecule has 0 bridgehead atoms. The molecule has 0 aliphatic carbocycles. The Labute approximate surface area is 140 Å². The van der Waals surface area contributed by atoms with Gasteiger partial charge in [-0.05, 0) is 57.6 Å². The van der Waals surface area contributed by atoms with Crippen LogP contribution < -0.4 is 5.32 Å². The van der Waals surface area contributed by atoms with Crippen LogP contribution in [0.25, 0.3) is 32.3 Å². The van der Waals surface area contributed by atoms with E-state index < -0.39 is 0 Å². The van der Waals surface area contributed by atoms with Gasteiger partial charge in [-0.2, -0.15) is 0 Å². The third kappa shape index (κ3) is 1.95. The molecule has 5 rings (SSSR count). The van der Waals surface area contributed by atoms with Gasteiger partial charge in [-0.1, -0.05) is 60.7 Å². The van der Waals surface area contributed by atoms with Gasteiger partial charge in [0.15, 0.2) is 0 Å². The zero-order valence-corrected chi connectivity index (χ0v) is 13.5. The summed E-state index contributed by atoms with van der Waals surface area (Å²) in [5.41, 5.74) is 3.58. The molecule has 0 saturated carbocycles. The molecular formula is C23H17N. The normalized spacial score (nSPS) is 11.5. The molecule has 114 valence electrons. The summed E-state index contributed by atoms with van der Waals surface area (Å²) in [5.74, 6) is 0. The Morgan fingerprint density at radius 2 is 1.29 bits per heavy atom. The molecule has 0 spiro atoms. The van der Waals surface area contributed by atoms with Gasteiger partial charge in [0.25, 0.3) is 0 Å². The lowest BCUT2D eigenvalue weighted by atomic mass is 9.92. The van der Waals surface area contributed by atoms with E-state index in [4.69, 9.17) is 0 Å². The minimum absolute atomic E-state index is 1.11. The monoisotopic (exact) mass is 307 g/mol. The molecule has 0 aromatic heterocycles. The molecule has 0 radical (unpaired) electrons. The molecular weight excluding hydrogens is 290 g/mol. The molecule has 0 aliphatic rings. The van der Waals surface area contributed by atoms with Crippen LogP contribution in [0.2, 0.25) is 0 Å². The van der Waals surface area contributed by atoms with Gasteiger partial charge in [-0.3, -0.25) is 0 Å². The third-order valence-corrected chi connectivity index (χ3v) is 4.80. The molecule has 0 amide bonds. The van der Waals surface area contributed by atoms with Gasteiger partial charge in [0, 0.05) is 16.8 Å². The summed E-state index contributed by atoms with van der Waals surface area (Å²) in [6.07, 6.45) is 0. The van der Waals surface area contributed by atoms with Crippen molar-refractivity contribution in [1.82, 2.24) is 0 Å². The predicted octanol–water partition coefficient (Wildman–Crippen LogP) is 6.64. The van der Waals surface area contributed by atoms with Crippen LogP contribution in [-0.2, 0) is 0 Å². The number of nitrogens with one attached hydrogen (secondary N) is 1. The lowest BCUT2D eigenvalue weighted by Gasteiger charge is -2.15. The Morgan fingerprint density at radius 1 is 0.625 bits per heavy atom. The van der Waals surface area contributed by atoms with Gasteiger partial charge in [0.2, 0.25) is 0 Å². The highest BCUT2D eigenvalue weighted by molar-refractivity contribution is 6.25. The highest BCUT2D eigenvalue weighted by Gasteiger charge is 2.11. The van der Waals surface area contributed by atoms with E-state index in [0.29, 0.717) is 0 Å². The Bertz CT molecular complexity index is 1150. The molecule has 5 aromatic carbocycles. The van der Waals surface area contributed by atoms with Gasteiger partial charge < -0.3 is 5.32 Å². The maximum absolute atomic E-state index is 3.57. The van der Waals surface area contributed by atoms with Crippen LogP contribution in [0.1, 0.15) is 5.56 Å². The number of hydrogen-bond acceptors (Lipinski definition) is 1. The standard InChI is InChI=1S/C23H17N/c1-15-13-17-8-7-16-10-12-21(24-19-5-3-2-4-6-19)20-11-9-18(14-15)22(17)23(16)20/h2-14,24H,1H3. The summed E-state index contributed by atoms with van der Waals surface area (Å²) >= 11 is 0. The van der Waals surface area contributed by atoms with E-state index in [1.54, 1.807) is 0 Å². The van der Waals surface area contributed by atoms with Crippen molar-refractivity contribution in [2.45, 2.75) is 6.92 Å². The van der Waals surface area contributed by atoms with E-state index >= 15 is 0 Å². The van der Waals surface area contributed by atoms with Crippen molar-refractivity contribution < 1.29 is 0 Å². The van der Waals surface area contributed by atoms with Crippen LogP contribution in [0, 0.1) is 6.92 Å². The highest BCUT2D eigenvalue weighted by Crippen LogP contribution is 2.38. The van der Waals surface area contributed by atoms with Gasteiger partial charge >= 0.3 is 0 Å². The molecule has 1 nitrogen and oxygen atoms in total. The fourth-order valence-electron chi connectivity index (χ4n) is 3.76. The lowest BCUT2D eigenvalue weighted by molar-refractivity contribution is 1.52. The van der Waals surface area contributed by atoms with Crippen molar-refractivity contribution >= 4 is 43.7 Å². The molecule has 0 fully saturated rings. The van der Waals surface area contributed by atoms with Crippen LogP contribution in [0.4, 0.5) is 11.4 Å². The second-order valence-corrected chi connectivity index (χ2v) is 6.47. The average molecular weight is 307 g/mol. The van der Waals surface area contributed by atoms with E-state index in [1.165, 1.54) is 37.9 Å². The summed E-state index contributed by atoms with van der Waals surface area (Å²) < 4.78 is 0. The van der Waals surface area contributed by atoms with Crippen LogP contribution >= 0.6 is 0 Å². The Kier molecular flexibility index (Phi) is 2.77. The smallest absolute Gasteiger partial charge is 0.0464 e. The van der Waals surface area contributed by atoms with Gasteiger partial charge in [0.05, 0.1) is 0 Å².